The largest absolute Gasteiger partial charge is 0.352 e. The summed E-state index contributed by atoms with van der Waals surface area (Å²) >= 11 is 5.92. The summed E-state index contributed by atoms with van der Waals surface area (Å²) in [6, 6.07) is 7.62. The molecule has 1 amide bonds. The van der Waals surface area contributed by atoms with E-state index >= 15 is 0 Å². The number of nitrogens with one attached hydrogen (secondary N) is 1. The zero-order valence-corrected chi connectivity index (χ0v) is 12.2. The van der Waals surface area contributed by atoms with Crippen LogP contribution in [0.25, 0.3) is 0 Å². The summed E-state index contributed by atoms with van der Waals surface area (Å²) in [6.45, 7) is 4.16. The molecule has 104 valence electrons. The molecule has 5 heteroatoms. The van der Waals surface area contributed by atoms with Crippen molar-refractivity contribution in [3.8, 4) is 0 Å². The molecule has 0 saturated carbocycles. The van der Waals surface area contributed by atoms with Gasteiger partial charge in [-0.3, -0.25) is 4.79 Å². The fraction of sp³-hybridized carbons (Fsp3) is 0.267. The number of nitrogens with zero attached hydrogens (tertiary/aromatic N) is 2. The molecule has 2 rings (SSSR count). The molecular weight excluding hydrogens is 274 g/mol. The van der Waals surface area contributed by atoms with Gasteiger partial charge in [0.25, 0.3) is 5.91 Å². The molecule has 0 aliphatic carbocycles. The quantitative estimate of drug-likeness (QED) is 0.941. The fourth-order valence-corrected chi connectivity index (χ4v) is 2.24. The Morgan fingerprint density at radius 2 is 1.95 bits per heavy atom. The van der Waals surface area contributed by atoms with E-state index in [4.69, 9.17) is 11.6 Å². The standard InChI is InChI=1S/C15H16ClN3O/c1-10-14(11(2)19-9-18-10)15(20)17-7-6-12-4-3-5-13(16)8-12/h3-5,8-9H,6-7H2,1-2H3,(H,17,20). The second kappa shape index (κ2) is 6.48. The van der Waals surface area contributed by atoms with Gasteiger partial charge in [-0.1, -0.05) is 23.7 Å². The lowest BCUT2D eigenvalue weighted by atomic mass is 10.1. The first-order valence-electron chi connectivity index (χ1n) is 6.39. The first-order valence-corrected chi connectivity index (χ1v) is 6.76. The normalized spacial score (nSPS) is 10.3. The second-order valence-corrected chi connectivity index (χ2v) is 4.99. The summed E-state index contributed by atoms with van der Waals surface area (Å²) in [6.07, 6.45) is 2.20. The summed E-state index contributed by atoms with van der Waals surface area (Å²) < 4.78 is 0. The van der Waals surface area contributed by atoms with Gasteiger partial charge in [0.2, 0.25) is 0 Å². The zero-order chi connectivity index (χ0) is 14.5. The van der Waals surface area contributed by atoms with Crippen LogP contribution in [0, 0.1) is 13.8 Å². The number of amides is 1. The van der Waals surface area contributed by atoms with Crippen LogP contribution >= 0.6 is 11.6 Å². The van der Waals surface area contributed by atoms with Crippen molar-refractivity contribution in [1.82, 2.24) is 15.3 Å². The van der Waals surface area contributed by atoms with Crippen molar-refractivity contribution < 1.29 is 4.79 Å². The van der Waals surface area contributed by atoms with Crippen molar-refractivity contribution in [3.05, 3.63) is 58.1 Å². The van der Waals surface area contributed by atoms with Crippen molar-refractivity contribution in [2.24, 2.45) is 0 Å². The lowest BCUT2D eigenvalue weighted by Gasteiger charge is -2.09. The third kappa shape index (κ3) is 3.54. The zero-order valence-electron chi connectivity index (χ0n) is 11.5. The highest BCUT2D eigenvalue weighted by molar-refractivity contribution is 6.30. The van der Waals surface area contributed by atoms with E-state index in [-0.39, 0.29) is 5.91 Å². The topological polar surface area (TPSA) is 54.9 Å². The predicted molar refractivity (Wildman–Crippen MR) is 79.0 cm³/mol. The summed E-state index contributed by atoms with van der Waals surface area (Å²) in [5.74, 6) is -0.136. The number of rotatable bonds is 4. The number of aromatic nitrogens is 2. The van der Waals surface area contributed by atoms with Crippen LogP contribution in [-0.4, -0.2) is 22.4 Å². The van der Waals surface area contributed by atoms with Crippen LogP contribution in [0.3, 0.4) is 0 Å². The van der Waals surface area contributed by atoms with Crippen molar-refractivity contribution >= 4 is 17.5 Å². The van der Waals surface area contributed by atoms with E-state index in [1.807, 2.05) is 24.3 Å². The van der Waals surface area contributed by atoms with E-state index in [2.05, 4.69) is 15.3 Å². The average Bonchev–Trinajstić information content (AvgIpc) is 2.38. The van der Waals surface area contributed by atoms with Gasteiger partial charge in [0.15, 0.2) is 0 Å². The molecule has 20 heavy (non-hydrogen) atoms. The molecule has 0 aliphatic rings. The van der Waals surface area contributed by atoms with Crippen LogP contribution in [0.2, 0.25) is 5.02 Å². The molecule has 0 aliphatic heterocycles. The third-order valence-electron chi connectivity index (χ3n) is 3.04. The fourth-order valence-electron chi connectivity index (χ4n) is 2.02. The number of hydrogen-bond acceptors (Lipinski definition) is 3. The molecule has 0 spiro atoms. The predicted octanol–water partition coefficient (Wildman–Crippen LogP) is 2.72. The first-order chi connectivity index (χ1) is 9.58. The van der Waals surface area contributed by atoms with Crippen LogP contribution in [0.4, 0.5) is 0 Å². The number of hydrogen-bond donors (Lipinski definition) is 1. The Labute approximate surface area is 123 Å². The Kier molecular flexibility index (Phi) is 4.69. The van der Waals surface area contributed by atoms with Crippen LogP contribution in [-0.2, 0) is 6.42 Å². The van der Waals surface area contributed by atoms with Crippen LogP contribution < -0.4 is 5.32 Å². The van der Waals surface area contributed by atoms with E-state index in [9.17, 15) is 4.79 Å². The maximum Gasteiger partial charge on any atom is 0.254 e. The number of benzene rings is 1. The van der Waals surface area contributed by atoms with Gasteiger partial charge in [-0.25, -0.2) is 9.97 Å². The Balaban J connectivity index is 1.96. The molecular formula is C15H16ClN3O. The molecule has 1 heterocycles. The van der Waals surface area contributed by atoms with Crippen LogP contribution in [0.1, 0.15) is 27.3 Å². The highest BCUT2D eigenvalue weighted by atomic mass is 35.5. The average molecular weight is 290 g/mol. The molecule has 0 saturated heterocycles. The van der Waals surface area contributed by atoms with Crippen molar-refractivity contribution in [1.29, 1.82) is 0 Å². The minimum atomic E-state index is -0.136. The molecule has 2 aromatic rings. The van der Waals surface area contributed by atoms with E-state index < -0.39 is 0 Å². The van der Waals surface area contributed by atoms with Crippen molar-refractivity contribution in [2.45, 2.75) is 20.3 Å². The minimum absolute atomic E-state index is 0.136. The maximum atomic E-state index is 12.1. The molecule has 0 bridgehead atoms. The van der Waals surface area contributed by atoms with Gasteiger partial charge < -0.3 is 5.32 Å². The Bertz CT molecular complexity index is 608. The Morgan fingerprint density at radius 1 is 1.25 bits per heavy atom. The first kappa shape index (κ1) is 14.5. The maximum absolute atomic E-state index is 12.1. The van der Waals surface area contributed by atoms with E-state index in [1.54, 1.807) is 13.8 Å². The van der Waals surface area contributed by atoms with Gasteiger partial charge in [0.05, 0.1) is 17.0 Å². The lowest BCUT2D eigenvalue weighted by Crippen LogP contribution is -2.27. The van der Waals surface area contributed by atoms with Gasteiger partial charge in [0, 0.05) is 11.6 Å². The van der Waals surface area contributed by atoms with Gasteiger partial charge >= 0.3 is 0 Å². The molecule has 0 atom stereocenters. The SMILES string of the molecule is Cc1ncnc(C)c1C(=O)NCCc1cccc(Cl)c1. The number of carbonyl (C=O) groups is 1. The summed E-state index contributed by atoms with van der Waals surface area (Å²) in [5, 5.41) is 3.59. The molecule has 0 radical (unpaired) electrons. The van der Waals surface area contributed by atoms with Crippen LogP contribution in [0.5, 0.6) is 0 Å². The summed E-state index contributed by atoms with van der Waals surface area (Å²) in [7, 11) is 0. The van der Waals surface area contributed by atoms with Crippen molar-refractivity contribution in [2.75, 3.05) is 6.54 Å². The molecule has 4 nitrogen and oxygen atoms in total. The minimum Gasteiger partial charge on any atom is -0.352 e. The highest BCUT2D eigenvalue weighted by Gasteiger charge is 2.13. The Hall–Kier alpha value is -1.94. The third-order valence-corrected chi connectivity index (χ3v) is 3.28. The van der Waals surface area contributed by atoms with E-state index in [0.717, 1.165) is 12.0 Å². The smallest absolute Gasteiger partial charge is 0.254 e. The van der Waals surface area contributed by atoms with E-state index in [0.29, 0.717) is 28.5 Å². The molecule has 1 aromatic carbocycles. The molecule has 1 N–H and O–H groups in total. The molecule has 0 fully saturated rings. The summed E-state index contributed by atoms with van der Waals surface area (Å²) in [5.41, 5.74) is 3.03. The Morgan fingerprint density at radius 3 is 2.60 bits per heavy atom. The van der Waals surface area contributed by atoms with Gasteiger partial charge in [-0.15, -0.1) is 0 Å². The van der Waals surface area contributed by atoms with Gasteiger partial charge in [-0.05, 0) is 38.0 Å². The van der Waals surface area contributed by atoms with Crippen molar-refractivity contribution in [3.63, 3.8) is 0 Å². The molecule has 0 unspecified atom stereocenters. The second-order valence-electron chi connectivity index (χ2n) is 4.56. The van der Waals surface area contributed by atoms with Crippen LogP contribution in [0.15, 0.2) is 30.6 Å². The number of aryl methyl sites for hydroxylation is 2. The lowest BCUT2D eigenvalue weighted by molar-refractivity contribution is 0.0952. The monoisotopic (exact) mass is 289 g/mol. The van der Waals surface area contributed by atoms with E-state index in [1.165, 1.54) is 6.33 Å². The molecule has 1 aromatic heterocycles. The van der Waals surface area contributed by atoms with Gasteiger partial charge in [-0.2, -0.15) is 0 Å². The highest BCUT2D eigenvalue weighted by Crippen LogP contribution is 2.11. The number of halogens is 1. The number of carbonyl (C=O) groups excluding carboxylic acids is 1. The van der Waals surface area contributed by atoms with Gasteiger partial charge in [0.1, 0.15) is 6.33 Å². The summed E-state index contributed by atoms with van der Waals surface area (Å²) in [4.78, 5) is 20.2.